The number of hydrogen-bond donors (Lipinski definition) is 2. The molecule has 2 N–H and O–H groups in total. The Morgan fingerprint density at radius 3 is 2.48 bits per heavy atom. The van der Waals surface area contributed by atoms with Gasteiger partial charge in [-0.2, -0.15) is 4.72 Å². The second-order valence-corrected chi connectivity index (χ2v) is 9.91. The molecule has 33 heavy (non-hydrogen) atoms. The van der Waals surface area contributed by atoms with Crippen LogP contribution in [0.15, 0.2) is 47.4 Å². The van der Waals surface area contributed by atoms with Gasteiger partial charge in [-0.05, 0) is 61.7 Å². The minimum absolute atomic E-state index is 0.0595. The Hall–Kier alpha value is -2.82. The molecule has 9 nitrogen and oxygen atoms in total. The summed E-state index contributed by atoms with van der Waals surface area (Å²) in [7, 11) is -2.36. The van der Waals surface area contributed by atoms with Gasteiger partial charge in [0.1, 0.15) is 5.75 Å². The molecule has 0 bridgehead atoms. The molecule has 10 heteroatoms. The lowest BCUT2D eigenvalue weighted by molar-refractivity contribution is -0.122. The maximum Gasteiger partial charge on any atom is 0.241 e. The largest absolute Gasteiger partial charge is 0.497 e. The molecule has 2 aromatic carbocycles. The van der Waals surface area contributed by atoms with Gasteiger partial charge in [0.05, 0.1) is 18.0 Å². The highest BCUT2D eigenvalue weighted by atomic mass is 32.2. The molecule has 0 unspecified atom stereocenters. The first-order valence-corrected chi connectivity index (χ1v) is 12.2. The van der Waals surface area contributed by atoms with Crippen molar-refractivity contribution in [3.8, 4) is 17.2 Å². The van der Waals surface area contributed by atoms with Crippen LogP contribution in [0.4, 0.5) is 0 Å². The molecule has 2 aliphatic rings. The number of rotatable bonds is 8. The van der Waals surface area contributed by atoms with Gasteiger partial charge in [0.15, 0.2) is 11.5 Å². The van der Waals surface area contributed by atoms with Crippen LogP contribution in [0, 0.1) is 0 Å². The van der Waals surface area contributed by atoms with Crippen LogP contribution in [0.5, 0.6) is 17.2 Å². The molecule has 1 saturated heterocycles. The van der Waals surface area contributed by atoms with E-state index in [0.717, 1.165) is 18.4 Å². The van der Waals surface area contributed by atoms with Gasteiger partial charge in [0, 0.05) is 25.2 Å². The van der Waals surface area contributed by atoms with E-state index in [-0.39, 0.29) is 17.1 Å². The van der Waals surface area contributed by atoms with Gasteiger partial charge in [-0.15, -0.1) is 0 Å². The Morgan fingerprint density at radius 2 is 1.79 bits per heavy atom. The Labute approximate surface area is 193 Å². The molecule has 2 heterocycles. The van der Waals surface area contributed by atoms with Crippen molar-refractivity contribution in [3.63, 3.8) is 0 Å². The third kappa shape index (κ3) is 5.07. The molecule has 2 aromatic rings. The van der Waals surface area contributed by atoms with E-state index in [1.54, 1.807) is 12.1 Å². The zero-order valence-electron chi connectivity index (χ0n) is 18.6. The van der Waals surface area contributed by atoms with Gasteiger partial charge in [0.25, 0.3) is 0 Å². The third-order valence-electron chi connectivity index (χ3n) is 6.13. The first kappa shape index (κ1) is 23.3. The highest BCUT2D eigenvalue weighted by molar-refractivity contribution is 7.89. The highest BCUT2D eigenvalue weighted by Gasteiger charge is 2.36. The fourth-order valence-corrected chi connectivity index (χ4v) is 5.28. The zero-order valence-corrected chi connectivity index (χ0v) is 19.4. The van der Waals surface area contributed by atoms with Crippen LogP contribution in [0.2, 0.25) is 0 Å². The minimum atomic E-state index is -3.86. The minimum Gasteiger partial charge on any atom is -0.497 e. The van der Waals surface area contributed by atoms with Crippen LogP contribution in [0.25, 0.3) is 0 Å². The monoisotopic (exact) mass is 476 g/mol. The van der Waals surface area contributed by atoms with Crippen molar-refractivity contribution in [2.45, 2.75) is 36.1 Å². The van der Waals surface area contributed by atoms with E-state index in [1.807, 2.05) is 18.2 Å². The Balaban J connectivity index is 1.44. The van der Waals surface area contributed by atoms with Crippen molar-refractivity contribution in [3.05, 3.63) is 48.0 Å². The number of hydrogen-bond acceptors (Lipinski definition) is 7. The first-order valence-electron chi connectivity index (χ1n) is 10.7. The SMILES string of the molecule is COc1ccc(S(=O)(=O)N[C@@H](C)C(=O)NCC2(c3ccc4c(c3)OCO4)CCOCC2)cc1. The number of carbonyl (C=O) groups excluding carboxylic acids is 1. The third-order valence-corrected chi connectivity index (χ3v) is 7.69. The number of carbonyl (C=O) groups is 1. The van der Waals surface area contributed by atoms with Gasteiger partial charge >= 0.3 is 0 Å². The summed E-state index contributed by atoms with van der Waals surface area (Å²) >= 11 is 0. The van der Waals surface area contributed by atoms with E-state index >= 15 is 0 Å². The number of benzene rings is 2. The van der Waals surface area contributed by atoms with Gasteiger partial charge in [-0.3, -0.25) is 4.79 Å². The molecule has 1 fully saturated rings. The molecule has 1 amide bonds. The lowest BCUT2D eigenvalue weighted by Gasteiger charge is -2.38. The summed E-state index contributed by atoms with van der Waals surface area (Å²) in [5.74, 6) is 1.53. The van der Waals surface area contributed by atoms with Gasteiger partial charge < -0.3 is 24.3 Å². The Bertz CT molecular complexity index is 1100. The van der Waals surface area contributed by atoms with Crippen molar-refractivity contribution in [2.24, 2.45) is 0 Å². The van der Waals surface area contributed by atoms with Gasteiger partial charge in [0.2, 0.25) is 22.7 Å². The molecule has 0 aliphatic carbocycles. The van der Waals surface area contributed by atoms with Crippen molar-refractivity contribution in [1.29, 1.82) is 0 Å². The maximum absolute atomic E-state index is 12.8. The maximum atomic E-state index is 12.8. The summed E-state index contributed by atoms with van der Waals surface area (Å²) in [6.45, 7) is 3.21. The van der Waals surface area contributed by atoms with Crippen LogP contribution in [0.1, 0.15) is 25.3 Å². The molecule has 4 rings (SSSR count). The standard InChI is InChI=1S/C23H28N2O7S/c1-16(25-33(27,28)19-6-4-18(29-2)5-7-19)22(26)24-14-23(9-11-30-12-10-23)17-3-8-20-21(13-17)32-15-31-20/h3-8,13,16,25H,9-12,14-15H2,1-2H3,(H,24,26)/t16-/m0/s1. The van der Waals surface area contributed by atoms with E-state index in [2.05, 4.69) is 10.0 Å². The second kappa shape index (κ2) is 9.58. The second-order valence-electron chi connectivity index (χ2n) is 8.20. The van der Waals surface area contributed by atoms with Crippen LogP contribution >= 0.6 is 0 Å². The van der Waals surface area contributed by atoms with Crippen molar-refractivity contribution in [2.75, 3.05) is 33.7 Å². The molecule has 0 radical (unpaired) electrons. The lowest BCUT2D eigenvalue weighted by Crippen LogP contribution is -2.50. The summed E-state index contributed by atoms with van der Waals surface area (Å²) in [4.78, 5) is 12.9. The summed E-state index contributed by atoms with van der Waals surface area (Å²) in [5.41, 5.74) is 0.686. The van der Waals surface area contributed by atoms with E-state index in [0.29, 0.717) is 37.0 Å². The van der Waals surface area contributed by atoms with E-state index in [9.17, 15) is 13.2 Å². The average molecular weight is 477 g/mol. The summed E-state index contributed by atoms with van der Waals surface area (Å²) < 4.78 is 49.3. The molecule has 178 valence electrons. The van der Waals surface area contributed by atoms with E-state index < -0.39 is 22.0 Å². The Kier molecular flexibility index (Phi) is 6.78. The van der Waals surface area contributed by atoms with Crippen molar-refractivity contribution >= 4 is 15.9 Å². The molecule has 0 saturated carbocycles. The number of amides is 1. The average Bonchev–Trinajstić information content (AvgIpc) is 3.31. The molecule has 0 aromatic heterocycles. The zero-order chi connectivity index (χ0) is 23.5. The van der Waals surface area contributed by atoms with Crippen LogP contribution in [-0.4, -0.2) is 54.0 Å². The predicted octanol–water partition coefficient (Wildman–Crippen LogP) is 1.96. The summed E-state index contributed by atoms with van der Waals surface area (Å²) in [6.07, 6.45) is 1.44. The van der Waals surface area contributed by atoms with Gasteiger partial charge in [-0.25, -0.2) is 8.42 Å². The van der Waals surface area contributed by atoms with E-state index in [1.165, 1.54) is 26.2 Å². The number of fused-ring (bicyclic) bond motifs is 1. The smallest absolute Gasteiger partial charge is 0.241 e. The van der Waals surface area contributed by atoms with E-state index in [4.69, 9.17) is 18.9 Å². The van der Waals surface area contributed by atoms with Crippen LogP contribution < -0.4 is 24.2 Å². The number of sulfonamides is 1. The molecule has 1 atom stereocenters. The predicted molar refractivity (Wildman–Crippen MR) is 120 cm³/mol. The first-order chi connectivity index (χ1) is 15.8. The number of nitrogens with one attached hydrogen (secondary N) is 2. The highest BCUT2D eigenvalue weighted by Crippen LogP contribution is 2.40. The quantitative estimate of drug-likeness (QED) is 0.599. The fraction of sp³-hybridized carbons (Fsp3) is 0.435. The molecule has 0 spiro atoms. The lowest BCUT2D eigenvalue weighted by atomic mass is 9.74. The topological polar surface area (TPSA) is 112 Å². The number of ether oxygens (including phenoxy) is 4. The molecular formula is C23H28N2O7S. The van der Waals surface area contributed by atoms with Crippen LogP contribution in [0.3, 0.4) is 0 Å². The molecular weight excluding hydrogens is 448 g/mol. The fourth-order valence-electron chi connectivity index (χ4n) is 4.07. The molecule has 2 aliphatic heterocycles. The number of methoxy groups -OCH3 is 1. The summed E-state index contributed by atoms with van der Waals surface area (Å²) in [6, 6.07) is 10.8. The summed E-state index contributed by atoms with van der Waals surface area (Å²) in [5, 5.41) is 2.94. The van der Waals surface area contributed by atoms with Crippen molar-refractivity contribution in [1.82, 2.24) is 10.0 Å². The van der Waals surface area contributed by atoms with Gasteiger partial charge in [-0.1, -0.05) is 6.07 Å². The Morgan fingerprint density at radius 1 is 1.09 bits per heavy atom. The normalized spacial score (nSPS) is 17.9. The van der Waals surface area contributed by atoms with Crippen LogP contribution in [-0.2, 0) is 25.0 Å². The van der Waals surface area contributed by atoms with Crippen molar-refractivity contribution < 1.29 is 32.2 Å².